The van der Waals surface area contributed by atoms with Gasteiger partial charge in [0, 0.05) is 11.4 Å². The number of fused-ring (bicyclic) bond motifs is 1. The molecule has 0 amide bonds. The molecule has 0 unspecified atom stereocenters. The van der Waals surface area contributed by atoms with E-state index in [0.29, 0.717) is 39.3 Å². The van der Waals surface area contributed by atoms with Crippen LogP contribution >= 0.6 is 11.8 Å². The molecule has 0 saturated carbocycles. The molecule has 0 aliphatic carbocycles. The Balaban J connectivity index is 2.22. The molecule has 2 aromatic rings. The van der Waals surface area contributed by atoms with Crippen molar-refractivity contribution in [3.05, 3.63) is 69.7 Å². The zero-order valence-corrected chi connectivity index (χ0v) is 16.7. The molecule has 1 atom stereocenters. The van der Waals surface area contributed by atoms with E-state index in [0.717, 1.165) is 5.56 Å². The summed E-state index contributed by atoms with van der Waals surface area (Å²) in [5.41, 5.74) is 1.74. The SMILES string of the molecule is C=CCSc1nc2c(c(=O)[nH]1)[C@H](c1cccc(OC)c1)C(C(=O)OC)=C(C)N2. The minimum absolute atomic E-state index is 0.314. The van der Waals surface area contributed by atoms with Gasteiger partial charge in [-0.1, -0.05) is 30.0 Å². The molecule has 0 radical (unpaired) electrons. The van der Waals surface area contributed by atoms with Crippen molar-refractivity contribution in [1.29, 1.82) is 0 Å². The lowest BCUT2D eigenvalue weighted by Crippen LogP contribution is -2.31. The Morgan fingerprint density at radius 1 is 1.39 bits per heavy atom. The second-order valence-electron chi connectivity index (χ2n) is 6.10. The van der Waals surface area contributed by atoms with Crippen molar-refractivity contribution in [2.45, 2.75) is 18.0 Å². The molecule has 2 heterocycles. The molecule has 1 aromatic heterocycles. The fourth-order valence-electron chi connectivity index (χ4n) is 3.17. The molecule has 28 heavy (non-hydrogen) atoms. The summed E-state index contributed by atoms with van der Waals surface area (Å²) < 4.78 is 10.3. The Morgan fingerprint density at radius 3 is 2.86 bits per heavy atom. The first-order valence-electron chi connectivity index (χ1n) is 8.58. The summed E-state index contributed by atoms with van der Waals surface area (Å²) in [7, 11) is 2.88. The molecule has 1 aliphatic heterocycles. The number of nitrogens with one attached hydrogen (secondary N) is 2. The number of aromatic amines is 1. The molecule has 0 bridgehead atoms. The third-order valence-corrected chi connectivity index (χ3v) is 5.26. The van der Waals surface area contributed by atoms with Crippen LogP contribution in [0.3, 0.4) is 0 Å². The zero-order valence-electron chi connectivity index (χ0n) is 15.9. The normalized spacial score (nSPS) is 15.5. The number of thioether (sulfide) groups is 1. The Hall–Kier alpha value is -3.00. The van der Waals surface area contributed by atoms with Crippen molar-refractivity contribution in [3.63, 3.8) is 0 Å². The molecule has 8 heteroatoms. The average molecular weight is 399 g/mol. The van der Waals surface area contributed by atoms with Crippen molar-refractivity contribution < 1.29 is 14.3 Å². The number of carbonyl (C=O) groups is 1. The van der Waals surface area contributed by atoms with Gasteiger partial charge in [-0.15, -0.1) is 6.58 Å². The number of nitrogens with zero attached hydrogens (tertiary/aromatic N) is 1. The number of aromatic nitrogens is 2. The summed E-state index contributed by atoms with van der Waals surface area (Å²) in [6.07, 6.45) is 1.73. The number of esters is 1. The molecule has 0 saturated heterocycles. The van der Waals surface area contributed by atoms with Gasteiger partial charge in [-0.3, -0.25) is 4.79 Å². The van der Waals surface area contributed by atoms with Gasteiger partial charge in [0.1, 0.15) is 11.6 Å². The van der Waals surface area contributed by atoms with Gasteiger partial charge in [0.2, 0.25) is 0 Å². The number of H-pyrrole nitrogens is 1. The lowest BCUT2D eigenvalue weighted by Gasteiger charge is -2.28. The number of methoxy groups -OCH3 is 2. The van der Waals surface area contributed by atoms with Crippen LogP contribution in [0.2, 0.25) is 0 Å². The predicted octanol–water partition coefficient (Wildman–Crippen LogP) is 3.06. The lowest BCUT2D eigenvalue weighted by atomic mass is 9.82. The maximum absolute atomic E-state index is 13.0. The minimum Gasteiger partial charge on any atom is -0.497 e. The van der Waals surface area contributed by atoms with Gasteiger partial charge in [0.25, 0.3) is 5.56 Å². The monoisotopic (exact) mass is 399 g/mol. The van der Waals surface area contributed by atoms with E-state index in [1.165, 1.54) is 18.9 Å². The smallest absolute Gasteiger partial charge is 0.336 e. The maximum Gasteiger partial charge on any atom is 0.336 e. The van der Waals surface area contributed by atoms with Gasteiger partial charge in [0.05, 0.1) is 31.3 Å². The zero-order chi connectivity index (χ0) is 20.3. The van der Waals surface area contributed by atoms with Crippen molar-refractivity contribution >= 4 is 23.5 Å². The largest absolute Gasteiger partial charge is 0.497 e. The number of carbonyl (C=O) groups excluding carboxylic acids is 1. The summed E-state index contributed by atoms with van der Waals surface area (Å²) in [5, 5.41) is 3.57. The molecule has 2 N–H and O–H groups in total. The molecule has 7 nitrogen and oxygen atoms in total. The average Bonchev–Trinajstić information content (AvgIpc) is 2.70. The van der Waals surface area contributed by atoms with Crippen LogP contribution in [0.15, 0.2) is 58.1 Å². The molecular formula is C20H21N3O4S. The minimum atomic E-state index is -0.631. The summed E-state index contributed by atoms with van der Waals surface area (Å²) in [6.45, 7) is 5.44. The third kappa shape index (κ3) is 3.68. The van der Waals surface area contributed by atoms with Crippen molar-refractivity contribution in [2.24, 2.45) is 0 Å². The van der Waals surface area contributed by atoms with E-state index in [1.807, 2.05) is 12.1 Å². The van der Waals surface area contributed by atoms with Crippen LogP contribution in [0, 0.1) is 0 Å². The highest BCUT2D eigenvalue weighted by Gasteiger charge is 2.36. The van der Waals surface area contributed by atoms with Gasteiger partial charge in [-0.2, -0.15) is 0 Å². The highest BCUT2D eigenvalue weighted by atomic mass is 32.2. The van der Waals surface area contributed by atoms with Gasteiger partial charge in [0.15, 0.2) is 5.16 Å². The summed E-state index contributed by atoms with van der Waals surface area (Å²) in [4.78, 5) is 32.8. The van der Waals surface area contributed by atoms with Crippen LogP contribution in [0.5, 0.6) is 5.75 Å². The number of rotatable bonds is 6. The van der Waals surface area contributed by atoms with E-state index in [4.69, 9.17) is 9.47 Å². The third-order valence-electron chi connectivity index (χ3n) is 4.39. The standard InChI is InChI=1S/C20H21N3O4S/c1-5-9-28-20-22-17-16(18(24)23-20)15(12-7-6-8-13(10-12)26-3)14(11(2)21-17)19(25)27-4/h5-8,10,15H,1,9H2,2-4H3,(H2,21,22,23,24)/t15-/m1/s1. The Labute approximate surface area is 166 Å². The first-order valence-corrected chi connectivity index (χ1v) is 9.56. The molecular weight excluding hydrogens is 378 g/mol. The number of anilines is 1. The molecule has 3 rings (SSSR count). The molecule has 1 aliphatic rings. The van der Waals surface area contributed by atoms with Crippen LogP contribution in [-0.4, -0.2) is 35.9 Å². The van der Waals surface area contributed by atoms with Crippen molar-refractivity contribution in [1.82, 2.24) is 9.97 Å². The van der Waals surface area contributed by atoms with E-state index in [2.05, 4.69) is 21.9 Å². The second kappa shape index (κ2) is 8.35. The first-order chi connectivity index (χ1) is 13.5. The topological polar surface area (TPSA) is 93.3 Å². The Bertz CT molecular complexity index is 1010. The van der Waals surface area contributed by atoms with Gasteiger partial charge >= 0.3 is 5.97 Å². The van der Waals surface area contributed by atoms with Gasteiger partial charge in [-0.05, 0) is 24.6 Å². The van der Waals surface area contributed by atoms with E-state index in [9.17, 15) is 9.59 Å². The maximum atomic E-state index is 13.0. The predicted molar refractivity (Wildman–Crippen MR) is 109 cm³/mol. The Kier molecular flexibility index (Phi) is 5.89. The number of ether oxygens (including phenoxy) is 2. The van der Waals surface area contributed by atoms with Crippen LogP contribution in [0.4, 0.5) is 5.82 Å². The highest BCUT2D eigenvalue weighted by Crippen LogP contribution is 2.40. The number of allylic oxidation sites excluding steroid dienone is 1. The van der Waals surface area contributed by atoms with Crippen molar-refractivity contribution in [2.75, 3.05) is 25.3 Å². The fourth-order valence-corrected chi connectivity index (χ4v) is 3.77. The summed E-state index contributed by atoms with van der Waals surface area (Å²) in [6, 6.07) is 7.27. The van der Waals surface area contributed by atoms with Crippen LogP contribution in [0.1, 0.15) is 24.0 Å². The molecule has 0 fully saturated rings. The van der Waals surface area contributed by atoms with Gasteiger partial charge < -0.3 is 19.8 Å². The van der Waals surface area contributed by atoms with Crippen LogP contribution in [0.25, 0.3) is 0 Å². The quantitative estimate of drug-likeness (QED) is 0.334. The van der Waals surface area contributed by atoms with Crippen LogP contribution < -0.4 is 15.6 Å². The Morgan fingerprint density at radius 2 is 2.18 bits per heavy atom. The molecule has 146 valence electrons. The van der Waals surface area contributed by atoms with E-state index in [-0.39, 0.29) is 5.56 Å². The fraction of sp³-hybridized carbons (Fsp3) is 0.250. The molecule has 0 spiro atoms. The van der Waals surface area contributed by atoms with E-state index >= 15 is 0 Å². The first kappa shape index (κ1) is 19.8. The van der Waals surface area contributed by atoms with Gasteiger partial charge in [-0.25, -0.2) is 9.78 Å². The molecule has 1 aromatic carbocycles. The van der Waals surface area contributed by atoms with Crippen molar-refractivity contribution in [3.8, 4) is 5.75 Å². The second-order valence-corrected chi connectivity index (χ2v) is 7.11. The summed E-state index contributed by atoms with van der Waals surface area (Å²) in [5.74, 6) is 0.528. The number of hydrogen-bond donors (Lipinski definition) is 2. The summed E-state index contributed by atoms with van der Waals surface area (Å²) >= 11 is 1.37. The van der Waals surface area contributed by atoms with E-state index < -0.39 is 11.9 Å². The van der Waals surface area contributed by atoms with E-state index in [1.54, 1.807) is 32.2 Å². The lowest BCUT2D eigenvalue weighted by molar-refractivity contribution is -0.136. The van der Waals surface area contributed by atoms with Crippen LogP contribution in [-0.2, 0) is 9.53 Å². The number of benzene rings is 1. The number of hydrogen-bond acceptors (Lipinski definition) is 7. The highest BCUT2D eigenvalue weighted by molar-refractivity contribution is 7.99.